The number of nitro groups is 1. The predicted octanol–water partition coefficient (Wildman–Crippen LogP) is 4.45. The van der Waals surface area contributed by atoms with Gasteiger partial charge in [0, 0.05) is 22.2 Å². The van der Waals surface area contributed by atoms with Gasteiger partial charge in [-0.15, -0.1) is 0 Å². The van der Waals surface area contributed by atoms with E-state index in [0.29, 0.717) is 28.5 Å². The summed E-state index contributed by atoms with van der Waals surface area (Å²) in [5.74, 6) is 0.615. The van der Waals surface area contributed by atoms with Crippen LogP contribution in [0, 0.1) is 17.0 Å². The van der Waals surface area contributed by atoms with Crippen molar-refractivity contribution in [3.8, 4) is 5.75 Å². The molecule has 0 aromatic heterocycles. The number of hydrogen-bond acceptors (Lipinski definition) is 6. The monoisotopic (exact) mass is 459 g/mol. The van der Waals surface area contributed by atoms with Crippen LogP contribution in [0.3, 0.4) is 0 Å². The molecule has 0 heterocycles. The summed E-state index contributed by atoms with van der Waals surface area (Å²) >= 11 is 6.10. The van der Waals surface area contributed by atoms with Crippen LogP contribution in [0.2, 0.25) is 5.02 Å². The van der Waals surface area contributed by atoms with E-state index in [1.54, 1.807) is 30.3 Å². The molecule has 0 aliphatic carbocycles. The molecule has 3 rings (SSSR count). The van der Waals surface area contributed by atoms with Crippen LogP contribution in [-0.4, -0.2) is 19.6 Å². The largest absolute Gasteiger partial charge is 0.489 e. The number of nitrogens with zero attached hydrogens (tertiary/aromatic N) is 2. The maximum atomic E-state index is 12.3. The predicted molar refractivity (Wildman–Crippen MR) is 118 cm³/mol. The second-order valence-corrected chi connectivity index (χ2v) is 8.58. The van der Waals surface area contributed by atoms with Gasteiger partial charge in [0.25, 0.3) is 15.7 Å². The molecular weight excluding hydrogens is 442 g/mol. The van der Waals surface area contributed by atoms with Gasteiger partial charge in [0.1, 0.15) is 12.4 Å². The summed E-state index contributed by atoms with van der Waals surface area (Å²) in [7, 11) is -4.04. The minimum Gasteiger partial charge on any atom is -0.489 e. The summed E-state index contributed by atoms with van der Waals surface area (Å²) in [5.41, 5.74) is 1.58. The van der Waals surface area contributed by atoms with E-state index in [2.05, 4.69) is 9.93 Å². The van der Waals surface area contributed by atoms with Crippen molar-refractivity contribution in [1.29, 1.82) is 0 Å². The lowest BCUT2D eigenvalue weighted by Gasteiger charge is -2.08. The molecule has 0 amide bonds. The molecule has 160 valence electrons. The fourth-order valence-electron chi connectivity index (χ4n) is 2.60. The normalized spacial score (nSPS) is 11.4. The zero-order chi connectivity index (χ0) is 22.4. The first-order valence-electron chi connectivity index (χ1n) is 9.02. The van der Waals surface area contributed by atoms with E-state index >= 15 is 0 Å². The molecule has 0 bridgehead atoms. The number of ether oxygens (including phenoxy) is 1. The molecular formula is C21H18ClN3O5S. The van der Waals surface area contributed by atoms with Crippen LogP contribution in [0.5, 0.6) is 5.75 Å². The highest BCUT2D eigenvalue weighted by Crippen LogP contribution is 2.22. The minimum absolute atomic E-state index is 0.245. The van der Waals surface area contributed by atoms with Crippen molar-refractivity contribution in [1.82, 2.24) is 4.83 Å². The molecule has 0 radical (unpaired) electrons. The van der Waals surface area contributed by atoms with Crippen molar-refractivity contribution in [2.45, 2.75) is 18.4 Å². The Bertz CT molecular complexity index is 1230. The summed E-state index contributed by atoms with van der Waals surface area (Å²) in [4.78, 5) is 12.2. The molecule has 3 aromatic rings. The number of hydrazone groups is 1. The van der Waals surface area contributed by atoms with Crippen molar-refractivity contribution in [3.63, 3.8) is 0 Å². The van der Waals surface area contributed by atoms with E-state index in [-0.39, 0.29) is 10.6 Å². The summed E-state index contributed by atoms with van der Waals surface area (Å²) in [6.45, 7) is 1.84. The fourth-order valence-corrected chi connectivity index (χ4v) is 3.60. The van der Waals surface area contributed by atoms with Crippen LogP contribution in [0.1, 0.15) is 16.7 Å². The Hall–Kier alpha value is -3.43. The molecule has 0 aliphatic rings. The van der Waals surface area contributed by atoms with Gasteiger partial charge in [-0.2, -0.15) is 13.5 Å². The highest BCUT2D eigenvalue weighted by Gasteiger charge is 2.19. The van der Waals surface area contributed by atoms with Crippen LogP contribution < -0.4 is 9.57 Å². The number of benzene rings is 3. The molecule has 3 aromatic carbocycles. The minimum atomic E-state index is -4.04. The molecule has 10 heteroatoms. The third kappa shape index (κ3) is 5.80. The molecule has 0 atom stereocenters. The zero-order valence-corrected chi connectivity index (χ0v) is 17.9. The average molecular weight is 460 g/mol. The van der Waals surface area contributed by atoms with Gasteiger partial charge in [-0.05, 0) is 48.9 Å². The van der Waals surface area contributed by atoms with Gasteiger partial charge >= 0.3 is 0 Å². The SMILES string of the molecule is Cc1ccc(S(=O)(=O)NN=Cc2ccc(OCc3ccccc3Cl)cc2)cc1[N+](=O)[O-]. The van der Waals surface area contributed by atoms with Crippen molar-refractivity contribution >= 4 is 33.5 Å². The van der Waals surface area contributed by atoms with Crippen molar-refractivity contribution < 1.29 is 18.1 Å². The number of sulfonamides is 1. The lowest BCUT2D eigenvalue weighted by Crippen LogP contribution is -2.18. The van der Waals surface area contributed by atoms with E-state index in [9.17, 15) is 18.5 Å². The number of nitrogens with one attached hydrogen (secondary N) is 1. The quantitative estimate of drug-likeness (QED) is 0.304. The number of hydrogen-bond donors (Lipinski definition) is 1. The molecule has 0 saturated carbocycles. The summed E-state index contributed by atoms with van der Waals surface area (Å²) in [6.07, 6.45) is 1.32. The fraction of sp³-hybridized carbons (Fsp3) is 0.0952. The summed E-state index contributed by atoms with van der Waals surface area (Å²) < 4.78 is 30.4. The molecule has 0 aliphatic heterocycles. The standard InChI is InChI=1S/C21H18ClN3O5S/c1-15-6-11-19(12-21(15)25(26)27)31(28,29)24-23-13-16-7-9-18(10-8-16)30-14-17-4-2-3-5-20(17)22/h2-13,24H,14H2,1H3. The smallest absolute Gasteiger partial charge is 0.276 e. The van der Waals surface area contributed by atoms with E-state index in [4.69, 9.17) is 16.3 Å². The van der Waals surface area contributed by atoms with Gasteiger partial charge in [0.05, 0.1) is 16.0 Å². The third-order valence-corrected chi connectivity index (χ3v) is 5.90. The van der Waals surface area contributed by atoms with Crippen molar-refractivity contribution in [2.24, 2.45) is 5.10 Å². The summed E-state index contributed by atoms with van der Waals surface area (Å²) in [5, 5.41) is 15.4. The number of halogens is 1. The number of nitro benzene ring substituents is 1. The third-order valence-electron chi connectivity index (χ3n) is 4.31. The lowest BCUT2D eigenvalue weighted by atomic mass is 10.2. The van der Waals surface area contributed by atoms with Crippen LogP contribution in [-0.2, 0) is 16.6 Å². The van der Waals surface area contributed by atoms with E-state index in [1.807, 2.05) is 18.2 Å². The molecule has 0 spiro atoms. The Morgan fingerprint density at radius 1 is 1.13 bits per heavy atom. The van der Waals surface area contributed by atoms with Gasteiger partial charge < -0.3 is 4.74 Å². The lowest BCUT2D eigenvalue weighted by molar-refractivity contribution is -0.385. The Kier molecular flexibility index (Phi) is 6.88. The van der Waals surface area contributed by atoms with Gasteiger partial charge in [0.15, 0.2) is 0 Å². The first kappa shape index (κ1) is 22.3. The maximum Gasteiger partial charge on any atom is 0.276 e. The molecule has 8 nitrogen and oxygen atoms in total. The molecule has 0 fully saturated rings. The van der Waals surface area contributed by atoms with E-state index < -0.39 is 14.9 Å². The highest BCUT2D eigenvalue weighted by molar-refractivity contribution is 7.89. The Morgan fingerprint density at radius 3 is 2.52 bits per heavy atom. The van der Waals surface area contributed by atoms with Gasteiger partial charge in [-0.3, -0.25) is 10.1 Å². The Morgan fingerprint density at radius 2 is 1.84 bits per heavy atom. The van der Waals surface area contributed by atoms with Crippen molar-refractivity contribution in [2.75, 3.05) is 0 Å². The number of rotatable bonds is 8. The van der Waals surface area contributed by atoms with E-state index in [0.717, 1.165) is 11.6 Å². The summed E-state index contributed by atoms with van der Waals surface area (Å²) in [6, 6.07) is 17.9. The van der Waals surface area contributed by atoms with Crippen LogP contribution in [0.15, 0.2) is 76.7 Å². The second-order valence-electron chi connectivity index (χ2n) is 6.51. The average Bonchev–Trinajstić information content (AvgIpc) is 2.74. The molecule has 0 saturated heterocycles. The molecule has 1 N–H and O–H groups in total. The van der Waals surface area contributed by atoms with Crippen LogP contribution in [0.25, 0.3) is 0 Å². The van der Waals surface area contributed by atoms with E-state index in [1.165, 1.54) is 25.3 Å². The second kappa shape index (κ2) is 9.59. The Labute approximate surface area is 184 Å². The Balaban J connectivity index is 1.62. The van der Waals surface area contributed by atoms with Gasteiger partial charge in [0.2, 0.25) is 0 Å². The van der Waals surface area contributed by atoms with Gasteiger partial charge in [-0.25, -0.2) is 4.83 Å². The molecule has 0 unspecified atom stereocenters. The zero-order valence-electron chi connectivity index (χ0n) is 16.4. The van der Waals surface area contributed by atoms with Crippen LogP contribution in [0.4, 0.5) is 5.69 Å². The number of aryl methyl sites for hydroxylation is 1. The molecule has 31 heavy (non-hydrogen) atoms. The van der Waals surface area contributed by atoms with Crippen molar-refractivity contribution in [3.05, 3.63) is 98.6 Å². The first-order chi connectivity index (χ1) is 14.8. The maximum absolute atomic E-state index is 12.3. The van der Waals surface area contributed by atoms with Gasteiger partial charge in [-0.1, -0.05) is 35.9 Å². The topological polar surface area (TPSA) is 111 Å². The van der Waals surface area contributed by atoms with Crippen LogP contribution >= 0.6 is 11.6 Å². The highest BCUT2D eigenvalue weighted by atomic mass is 35.5. The first-order valence-corrected chi connectivity index (χ1v) is 10.9.